The first-order chi connectivity index (χ1) is 9.46. The van der Waals surface area contributed by atoms with E-state index in [2.05, 4.69) is 18.0 Å². The van der Waals surface area contributed by atoms with Gasteiger partial charge in [0.15, 0.2) is 6.35 Å². The summed E-state index contributed by atoms with van der Waals surface area (Å²) in [5.74, 6) is -2.62. The molecular weight excluding hydrogens is 264 g/mol. The van der Waals surface area contributed by atoms with E-state index in [1.54, 1.807) is 0 Å². The lowest BCUT2D eigenvalue weighted by Crippen LogP contribution is -2.64. The molecule has 6 heteroatoms. The van der Waals surface area contributed by atoms with Crippen LogP contribution in [0.25, 0.3) is 0 Å². The van der Waals surface area contributed by atoms with Crippen LogP contribution in [0.3, 0.4) is 0 Å². The Bertz CT molecular complexity index is 394. The molecule has 0 aromatic rings. The third-order valence-corrected chi connectivity index (χ3v) is 4.66. The highest BCUT2D eigenvalue weighted by Gasteiger charge is 2.49. The summed E-state index contributed by atoms with van der Waals surface area (Å²) in [5.41, 5.74) is 1.37. The van der Waals surface area contributed by atoms with Gasteiger partial charge in [-0.3, -0.25) is 9.80 Å². The summed E-state index contributed by atoms with van der Waals surface area (Å²) in [6.45, 7) is 2.13. The lowest BCUT2D eigenvalue weighted by molar-refractivity contribution is -0.225. The molecule has 0 aromatic carbocycles. The maximum Gasteiger partial charge on any atom is 0.273 e. The maximum absolute atomic E-state index is 12.9. The van der Waals surface area contributed by atoms with Crippen molar-refractivity contribution in [2.24, 2.45) is 0 Å². The van der Waals surface area contributed by atoms with Gasteiger partial charge in [-0.15, -0.1) is 0 Å². The van der Waals surface area contributed by atoms with Gasteiger partial charge in [-0.2, -0.15) is 0 Å². The van der Waals surface area contributed by atoms with Crippen LogP contribution >= 0.6 is 0 Å². The van der Waals surface area contributed by atoms with Crippen LogP contribution in [-0.2, 0) is 0 Å². The van der Waals surface area contributed by atoms with Gasteiger partial charge in [-0.05, 0) is 26.3 Å². The Labute approximate surface area is 118 Å². The predicted octanol–water partition coefficient (Wildman–Crippen LogP) is 0.939. The SMILES string of the molecule is CN1CC=C([C@@H]2CCCN2C(O)N2CC(F)(F)C2)CC1. The van der Waals surface area contributed by atoms with Crippen molar-refractivity contribution in [2.75, 3.05) is 39.8 Å². The molecule has 0 aliphatic carbocycles. The zero-order valence-corrected chi connectivity index (χ0v) is 11.9. The van der Waals surface area contributed by atoms with Crippen LogP contribution in [0.2, 0.25) is 0 Å². The molecule has 3 aliphatic rings. The van der Waals surface area contributed by atoms with E-state index in [-0.39, 0.29) is 19.1 Å². The van der Waals surface area contributed by atoms with Crippen molar-refractivity contribution in [2.45, 2.75) is 37.6 Å². The molecule has 0 bridgehead atoms. The van der Waals surface area contributed by atoms with Crippen LogP contribution in [0.4, 0.5) is 8.78 Å². The standard InChI is InChI=1S/C14H23F2N3O/c1-17-7-4-11(5-8-17)12-3-2-6-19(12)13(20)18-9-14(15,16)10-18/h4,12-13,20H,2-3,5-10H2,1H3/t12-,13?/m0/s1. The molecule has 0 spiro atoms. The lowest BCUT2D eigenvalue weighted by Gasteiger charge is -2.46. The van der Waals surface area contributed by atoms with Gasteiger partial charge >= 0.3 is 0 Å². The number of aliphatic hydroxyl groups is 1. The van der Waals surface area contributed by atoms with Crippen LogP contribution in [0, 0.1) is 0 Å². The van der Waals surface area contributed by atoms with Crippen molar-refractivity contribution in [3.05, 3.63) is 11.6 Å². The molecule has 0 saturated carbocycles. The van der Waals surface area contributed by atoms with E-state index >= 15 is 0 Å². The number of halogens is 2. The Morgan fingerprint density at radius 1 is 1.35 bits per heavy atom. The summed E-state index contributed by atoms with van der Waals surface area (Å²) < 4.78 is 25.9. The van der Waals surface area contributed by atoms with E-state index in [1.165, 1.54) is 10.5 Å². The van der Waals surface area contributed by atoms with Crippen molar-refractivity contribution >= 4 is 0 Å². The summed E-state index contributed by atoms with van der Waals surface area (Å²) in [6, 6.07) is 0.230. The van der Waals surface area contributed by atoms with Crippen LogP contribution in [0.5, 0.6) is 0 Å². The molecule has 3 aliphatic heterocycles. The van der Waals surface area contributed by atoms with E-state index < -0.39 is 12.3 Å². The minimum atomic E-state index is -2.62. The van der Waals surface area contributed by atoms with Crippen molar-refractivity contribution in [1.29, 1.82) is 0 Å². The lowest BCUT2D eigenvalue weighted by atomic mass is 9.98. The summed E-state index contributed by atoms with van der Waals surface area (Å²) >= 11 is 0. The predicted molar refractivity (Wildman–Crippen MR) is 72.5 cm³/mol. The van der Waals surface area contributed by atoms with Crippen LogP contribution < -0.4 is 0 Å². The highest BCUT2D eigenvalue weighted by Crippen LogP contribution is 2.34. The number of rotatable bonds is 3. The molecule has 0 aromatic heterocycles. The molecule has 3 heterocycles. The third kappa shape index (κ3) is 2.74. The van der Waals surface area contributed by atoms with Gasteiger partial charge in [0.25, 0.3) is 5.92 Å². The summed E-state index contributed by atoms with van der Waals surface area (Å²) in [5, 5.41) is 10.3. The van der Waals surface area contributed by atoms with Crippen molar-refractivity contribution in [1.82, 2.24) is 14.7 Å². The number of likely N-dealkylation sites (N-methyl/N-ethyl adjacent to an activating group) is 1. The Hall–Kier alpha value is -0.560. The maximum atomic E-state index is 12.9. The molecule has 114 valence electrons. The van der Waals surface area contributed by atoms with Gasteiger partial charge in [-0.1, -0.05) is 11.6 Å². The molecule has 2 fully saturated rings. The average Bonchev–Trinajstić information content (AvgIpc) is 2.85. The molecule has 0 radical (unpaired) electrons. The summed E-state index contributed by atoms with van der Waals surface area (Å²) in [7, 11) is 2.09. The van der Waals surface area contributed by atoms with Gasteiger partial charge in [0, 0.05) is 25.7 Å². The van der Waals surface area contributed by atoms with E-state index in [4.69, 9.17) is 0 Å². The normalized spacial score (nSPS) is 33.8. The third-order valence-electron chi connectivity index (χ3n) is 4.66. The van der Waals surface area contributed by atoms with E-state index in [0.717, 1.165) is 38.9 Å². The number of aliphatic hydroxyl groups excluding tert-OH is 1. The van der Waals surface area contributed by atoms with Crippen LogP contribution in [0.1, 0.15) is 19.3 Å². The number of hydrogen-bond acceptors (Lipinski definition) is 4. The molecule has 1 unspecified atom stereocenters. The van der Waals surface area contributed by atoms with Crippen LogP contribution in [0.15, 0.2) is 11.6 Å². The zero-order valence-electron chi connectivity index (χ0n) is 11.9. The van der Waals surface area contributed by atoms with Gasteiger partial charge in [-0.25, -0.2) is 8.78 Å². The van der Waals surface area contributed by atoms with E-state index in [1.807, 2.05) is 4.90 Å². The number of hydrogen-bond donors (Lipinski definition) is 1. The van der Waals surface area contributed by atoms with Crippen molar-refractivity contribution in [3.63, 3.8) is 0 Å². The highest BCUT2D eigenvalue weighted by molar-refractivity contribution is 5.17. The molecule has 1 N–H and O–H groups in total. The fourth-order valence-electron chi connectivity index (χ4n) is 3.47. The Morgan fingerprint density at radius 3 is 2.70 bits per heavy atom. The smallest absolute Gasteiger partial charge is 0.273 e. The number of likely N-dealkylation sites (tertiary alicyclic amines) is 2. The van der Waals surface area contributed by atoms with Gasteiger partial charge in [0.2, 0.25) is 0 Å². The second-order valence-corrected chi connectivity index (χ2v) is 6.29. The number of nitrogens with zero attached hydrogens (tertiary/aromatic N) is 3. The second-order valence-electron chi connectivity index (χ2n) is 6.29. The minimum Gasteiger partial charge on any atom is -0.365 e. The zero-order chi connectivity index (χ0) is 14.3. The number of alkyl halides is 2. The Morgan fingerprint density at radius 2 is 2.10 bits per heavy atom. The van der Waals surface area contributed by atoms with Gasteiger partial charge < -0.3 is 10.0 Å². The topological polar surface area (TPSA) is 30.0 Å². The fraction of sp³-hybridized carbons (Fsp3) is 0.857. The Balaban J connectivity index is 1.64. The fourth-order valence-corrected chi connectivity index (χ4v) is 3.47. The minimum absolute atomic E-state index is 0.230. The first-order valence-corrected chi connectivity index (χ1v) is 7.39. The highest BCUT2D eigenvalue weighted by atomic mass is 19.3. The van der Waals surface area contributed by atoms with Crippen molar-refractivity contribution < 1.29 is 13.9 Å². The quantitative estimate of drug-likeness (QED) is 0.783. The molecule has 4 nitrogen and oxygen atoms in total. The first kappa shape index (κ1) is 14.4. The van der Waals surface area contributed by atoms with Gasteiger partial charge in [0.1, 0.15) is 0 Å². The first-order valence-electron chi connectivity index (χ1n) is 7.39. The second kappa shape index (κ2) is 5.33. The molecule has 0 amide bonds. The van der Waals surface area contributed by atoms with Gasteiger partial charge in [0.05, 0.1) is 13.1 Å². The molecule has 2 saturated heterocycles. The van der Waals surface area contributed by atoms with E-state index in [9.17, 15) is 13.9 Å². The van der Waals surface area contributed by atoms with Crippen molar-refractivity contribution in [3.8, 4) is 0 Å². The Kier molecular flexibility index (Phi) is 3.83. The molecule has 2 atom stereocenters. The van der Waals surface area contributed by atoms with E-state index in [0.29, 0.717) is 0 Å². The average molecular weight is 287 g/mol. The molecular formula is C14H23F2N3O. The van der Waals surface area contributed by atoms with Crippen LogP contribution in [-0.4, -0.2) is 77.9 Å². The summed E-state index contributed by atoms with van der Waals surface area (Å²) in [6.07, 6.45) is 4.45. The summed E-state index contributed by atoms with van der Waals surface area (Å²) in [4.78, 5) is 5.72. The largest absolute Gasteiger partial charge is 0.365 e. The molecule has 20 heavy (non-hydrogen) atoms. The monoisotopic (exact) mass is 287 g/mol. The molecule has 3 rings (SSSR count).